The predicted molar refractivity (Wildman–Crippen MR) is 79.5 cm³/mol. The molecule has 5 heteroatoms. The van der Waals surface area contributed by atoms with Crippen LogP contribution in [0.4, 0.5) is 0 Å². The van der Waals surface area contributed by atoms with Crippen LogP contribution in [0.15, 0.2) is 22.7 Å². The second kappa shape index (κ2) is 7.12. The van der Waals surface area contributed by atoms with Crippen molar-refractivity contribution in [1.29, 1.82) is 0 Å². The summed E-state index contributed by atoms with van der Waals surface area (Å²) in [6.45, 7) is 3.74. The van der Waals surface area contributed by atoms with Crippen molar-refractivity contribution in [2.75, 3.05) is 13.1 Å². The number of carbonyl (C=O) groups excluding carboxylic acids is 1. The highest BCUT2D eigenvalue weighted by Gasteiger charge is 2.15. The molecule has 1 heterocycles. The van der Waals surface area contributed by atoms with Gasteiger partial charge in [-0.1, -0.05) is 15.9 Å². The Hall–Kier alpha value is -0.580. The predicted octanol–water partition coefficient (Wildman–Crippen LogP) is 2.66. The van der Waals surface area contributed by atoms with Gasteiger partial charge in [-0.2, -0.15) is 0 Å². The van der Waals surface area contributed by atoms with Crippen LogP contribution in [0.3, 0.4) is 0 Å². The molecule has 1 unspecified atom stereocenters. The topological polar surface area (TPSA) is 41.1 Å². The minimum atomic E-state index is 0. The van der Waals surface area contributed by atoms with E-state index in [9.17, 15) is 4.79 Å². The summed E-state index contributed by atoms with van der Waals surface area (Å²) in [7, 11) is 0. The lowest BCUT2D eigenvalue weighted by atomic mass is 10.1. The molecule has 0 radical (unpaired) electrons. The summed E-state index contributed by atoms with van der Waals surface area (Å²) in [5.41, 5.74) is 1.75. The van der Waals surface area contributed by atoms with Gasteiger partial charge in [0.05, 0.1) is 0 Å². The fraction of sp³-hybridized carbons (Fsp3) is 0.462. The fourth-order valence-electron chi connectivity index (χ4n) is 2.12. The molecule has 1 aliphatic rings. The number of aryl methyl sites for hydroxylation is 1. The largest absolute Gasteiger partial charge is 0.350 e. The molecule has 0 spiro atoms. The van der Waals surface area contributed by atoms with Crippen LogP contribution in [0.2, 0.25) is 0 Å². The third kappa shape index (κ3) is 3.97. The molecule has 1 aliphatic heterocycles. The number of hydrogen-bond acceptors (Lipinski definition) is 2. The molecular formula is C13H18BrClN2O. The molecule has 100 valence electrons. The van der Waals surface area contributed by atoms with Crippen LogP contribution in [0.1, 0.15) is 28.8 Å². The smallest absolute Gasteiger partial charge is 0.251 e. The number of amides is 1. The monoisotopic (exact) mass is 332 g/mol. The number of carbonyl (C=O) groups is 1. The number of benzene rings is 1. The summed E-state index contributed by atoms with van der Waals surface area (Å²) >= 11 is 3.40. The van der Waals surface area contributed by atoms with E-state index in [1.54, 1.807) is 0 Å². The average Bonchev–Trinajstić information content (AvgIpc) is 2.78. The molecule has 0 bridgehead atoms. The van der Waals surface area contributed by atoms with Gasteiger partial charge in [-0.25, -0.2) is 0 Å². The summed E-state index contributed by atoms with van der Waals surface area (Å²) in [5, 5.41) is 6.35. The Labute approximate surface area is 122 Å². The van der Waals surface area contributed by atoms with Crippen molar-refractivity contribution in [3.8, 4) is 0 Å². The Balaban J connectivity index is 0.00000162. The van der Waals surface area contributed by atoms with E-state index in [4.69, 9.17) is 0 Å². The van der Waals surface area contributed by atoms with Crippen molar-refractivity contribution in [3.05, 3.63) is 33.8 Å². The lowest BCUT2D eigenvalue weighted by Gasteiger charge is -2.12. The van der Waals surface area contributed by atoms with E-state index >= 15 is 0 Å². The van der Waals surface area contributed by atoms with Gasteiger partial charge in [0.2, 0.25) is 0 Å². The molecule has 1 amide bonds. The quantitative estimate of drug-likeness (QED) is 0.893. The van der Waals surface area contributed by atoms with Crippen LogP contribution in [0.5, 0.6) is 0 Å². The second-order valence-electron chi connectivity index (χ2n) is 4.46. The van der Waals surface area contributed by atoms with E-state index in [1.807, 2.05) is 25.1 Å². The SMILES string of the molecule is Cc1cc(Br)ccc1C(=O)NCC1CCCN1.Cl. The first-order valence-corrected chi connectivity index (χ1v) is 6.74. The van der Waals surface area contributed by atoms with Crippen LogP contribution >= 0.6 is 28.3 Å². The third-order valence-corrected chi connectivity index (χ3v) is 3.60. The summed E-state index contributed by atoms with van der Waals surface area (Å²) in [5.74, 6) is 0.0173. The lowest BCUT2D eigenvalue weighted by molar-refractivity contribution is 0.0949. The van der Waals surface area contributed by atoms with E-state index < -0.39 is 0 Å². The average molecular weight is 334 g/mol. The Morgan fingerprint density at radius 2 is 2.33 bits per heavy atom. The van der Waals surface area contributed by atoms with Crippen molar-refractivity contribution in [2.45, 2.75) is 25.8 Å². The van der Waals surface area contributed by atoms with Gasteiger partial charge < -0.3 is 10.6 Å². The van der Waals surface area contributed by atoms with E-state index in [1.165, 1.54) is 6.42 Å². The first-order valence-electron chi connectivity index (χ1n) is 5.94. The standard InChI is InChI=1S/C13H17BrN2O.ClH/c1-9-7-10(14)4-5-12(9)13(17)16-8-11-3-2-6-15-11;/h4-5,7,11,15H,2-3,6,8H2,1H3,(H,16,17);1H. The highest BCUT2D eigenvalue weighted by molar-refractivity contribution is 9.10. The van der Waals surface area contributed by atoms with Crippen molar-refractivity contribution >= 4 is 34.2 Å². The number of rotatable bonds is 3. The normalized spacial score (nSPS) is 18.2. The summed E-state index contributed by atoms with van der Waals surface area (Å²) in [6, 6.07) is 6.16. The lowest BCUT2D eigenvalue weighted by Crippen LogP contribution is -2.37. The molecule has 18 heavy (non-hydrogen) atoms. The van der Waals surface area contributed by atoms with Gasteiger partial charge in [0.15, 0.2) is 0 Å². The maximum Gasteiger partial charge on any atom is 0.251 e. The zero-order valence-electron chi connectivity index (χ0n) is 10.3. The minimum absolute atomic E-state index is 0. The summed E-state index contributed by atoms with van der Waals surface area (Å²) in [6.07, 6.45) is 2.36. The Morgan fingerprint density at radius 1 is 1.56 bits per heavy atom. The Kier molecular flexibility index (Phi) is 6.12. The summed E-state index contributed by atoms with van der Waals surface area (Å²) < 4.78 is 1.00. The van der Waals surface area contributed by atoms with E-state index in [0.29, 0.717) is 12.6 Å². The minimum Gasteiger partial charge on any atom is -0.350 e. The number of halogens is 2. The third-order valence-electron chi connectivity index (χ3n) is 3.10. The number of nitrogens with one attached hydrogen (secondary N) is 2. The zero-order valence-corrected chi connectivity index (χ0v) is 12.7. The van der Waals surface area contributed by atoms with Gasteiger partial charge in [-0.05, 0) is 50.1 Å². The van der Waals surface area contributed by atoms with Crippen molar-refractivity contribution in [3.63, 3.8) is 0 Å². The van der Waals surface area contributed by atoms with Crippen molar-refractivity contribution in [1.82, 2.24) is 10.6 Å². The first kappa shape index (κ1) is 15.5. The van der Waals surface area contributed by atoms with Gasteiger partial charge in [0.1, 0.15) is 0 Å². The maximum absolute atomic E-state index is 12.0. The molecule has 2 N–H and O–H groups in total. The van der Waals surface area contributed by atoms with Gasteiger partial charge in [0, 0.05) is 22.6 Å². The molecule has 0 saturated carbocycles. The van der Waals surface area contributed by atoms with E-state index in [0.717, 1.165) is 28.6 Å². The molecule has 0 aromatic heterocycles. The molecule has 1 saturated heterocycles. The first-order chi connectivity index (χ1) is 8.16. The zero-order chi connectivity index (χ0) is 12.3. The molecule has 1 aromatic rings. The molecular weight excluding hydrogens is 316 g/mol. The van der Waals surface area contributed by atoms with Crippen molar-refractivity contribution in [2.24, 2.45) is 0 Å². The van der Waals surface area contributed by atoms with Crippen molar-refractivity contribution < 1.29 is 4.79 Å². The molecule has 1 aromatic carbocycles. The van der Waals surface area contributed by atoms with Gasteiger partial charge in [-0.3, -0.25) is 4.79 Å². The van der Waals surface area contributed by atoms with E-state index in [-0.39, 0.29) is 18.3 Å². The molecule has 0 aliphatic carbocycles. The summed E-state index contributed by atoms with van der Waals surface area (Å²) in [4.78, 5) is 12.0. The van der Waals surface area contributed by atoms with Gasteiger partial charge >= 0.3 is 0 Å². The van der Waals surface area contributed by atoms with Crippen LogP contribution in [0.25, 0.3) is 0 Å². The highest BCUT2D eigenvalue weighted by Crippen LogP contribution is 2.15. The van der Waals surface area contributed by atoms with Crippen LogP contribution in [0, 0.1) is 6.92 Å². The Bertz CT molecular complexity index is 419. The van der Waals surface area contributed by atoms with Crippen LogP contribution < -0.4 is 10.6 Å². The van der Waals surface area contributed by atoms with E-state index in [2.05, 4.69) is 26.6 Å². The molecule has 1 atom stereocenters. The molecule has 1 fully saturated rings. The highest BCUT2D eigenvalue weighted by atomic mass is 79.9. The molecule has 2 rings (SSSR count). The Morgan fingerprint density at radius 3 is 2.94 bits per heavy atom. The van der Waals surface area contributed by atoms with Gasteiger partial charge in [0.25, 0.3) is 5.91 Å². The van der Waals surface area contributed by atoms with Gasteiger partial charge in [-0.15, -0.1) is 12.4 Å². The van der Waals surface area contributed by atoms with Crippen LogP contribution in [-0.2, 0) is 0 Å². The number of hydrogen-bond donors (Lipinski definition) is 2. The molecule has 3 nitrogen and oxygen atoms in total. The second-order valence-corrected chi connectivity index (χ2v) is 5.38. The van der Waals surface area contributed by atoms with Crippen LogP contribution in [-0.4, -0.2) is 25.0 Å². The fourth-order valence-corrected chi connectivity index (χ4v) is 2.60. The maximum atomic E-state index is 12.0.